The van der Waals surface area contributed by atoms with Crippen LogP contribution in [0.1, 0.15) is 31.9 Å². The van der Waals surface area contributed by atoms with Gasteiger partial charge in [0.1, 0.15) is 10.8 Å². The molecule has 0 saturated heterocycles. The number of nitrogens with one attached hydrogen (secondary N) is 1. The Morgan fingerprint density at radius 3 is 2.92 bits per heavy atom. The van der Waals surface area contributed by atoms with Gasteiger partial charge in [0.15, 0.2) is 0 Å². The molecule has 0 atom stereocenters. The number of hydrogen-bond donors (Lipinski definition) is 1. The van der Waals surface area contributed by atoms with Crippen LogP contribution in [-0.2, 0) is 6.54 Å². The molecule has 0 fully saturated rings. The zero-order valence-corrected chi connectivity index (χ0v) is 8.73. The standard InChI is InChI=1S/C9H14ClN3/c1-6(2)8-7(10)9-11-4-3-5-13(9)12-8/h6,11H,3-5H2,1-2H3. The summed E-state index contributed by atoms with van der Waals surface area (Å²) < 4.78 is 1.97. The zero-order chi connectivity index (χ0) is 9.42. The summed E-state index contributed by atoms with van der Waals surface area (Å²) in [5.74, 6) is 1.39. The van der Waals surface area contributed by atoms with Crippen LogP contribution in [-0.4, -0.2) is 16.3 Å². The van der Waals surface area contributed by atoms with Gasteiger partial charge in [-0.3, -0.25) is 0 Å². The van der Waals surface area contributed by atoms with E-state index in [0.29, 0.717) is 5.92 Å². The average molecular weight is 200 g/mol. The lowest BCUT2D eigenvalue weighted by atomic mass is 10.1. The van der Waals surface area contributed by atoms with Crippen LogP contribution in [0.5, 0.6) is 0 Å². The van der Waals surface area contributed by atoms with Gasteiger partial charge in [-0.05, 0) is 12.3 Å². The van der Waals surface area contributed by atoms with Gasteiger partial charge in [-0.2, -0.15) is 5.10 Å². The number of halogens is 1. The van der Waals surface area contributed by atoms with Gasteiger partial charge < -0.3 is 5.32 Å². The van der Waals surface area contributed by atoms with Gasteiger partial charge in [0, 0.05) is 13.1 Å². The van der Waals surface area contributed by atoms with E-state index < -0.39 is 0 Å². The smallest absolute Gasteiger partial charge is 0.143 e. The van der Waals surface area contributed by atoms with Crippen molar-refractivity contribution in [3.63, 3.8) is 0 Å². The van der Waals surface area contributed by atoms with Gasteiger partial charge in [-0.1, -0.05) is 25.4 Å². The highest BCUT2D eigenvalue weighted by Gasteiger charge is 2.19. The molecule has 1 aliphatic heterocycles. The van der Waals surface area contributed by atoms with Gasteiger partial charge in [0.25, 0.3) is 0 Å². The van der Waals surface area contributed by atoms with Crippen molar-refractivity contribution in [2.24, 2.45) is 0 Å². The lowest BCUT2D eigenvalue weighted by Crippen LogP contribution is -2.17. The molecule has 0 radical (unpaired) electrons. The Morgan fingerprint density at radius 2 is 2.31 bits per heavy atom. The maximum atomic E-state index is 6.19. The summed E-state index contributed by atoms with van der Waals surface area (Å²) in [4.78, 5) is 0. The first kappa shape index (κ1) is 8.88. The summed E-state index contributed by atoms with van der Waals surface area (Å²) in [6.07, 6.45) is 1.13. The third kappa shape index (κ3) is 1.41. The van der Waals surface area contributed by atoms with Crippen LogP contribution in [0.15, 0.2) is 0 Å². The molecule has 1 aliphatic rings. The van der Waals surface area contributed by atoms with E-state index in [1.165, 1.54) is 0 Å². The second-order valence-corrected chi connectivity index (χ2v) is 4.08. The number of hydrogen-bond acceptors (Lipinski definition) is 2. The molecule has 0 amide bonds. The number of aryl methyl sites for hydroxylation is 1. The van der Waals surface area contributed by atoms with Crippen LogP contribution in [0.4, 0.5) is 5.82 Å². The van der Waals surface area contributed by atoms with Crippen molar-refractivity contribution in [2.45, 2.75) is 32.7 Å². The molecule has 2 heterocycles. The number of rotatable bonds is 1. The molecule has 0 bridgehead atoms. The summed E-state index contributed by atoms with van der Waals surface area (Å²) in [6, 6.07) is 0. The van der Waals surface area contributed by atoms with E-state index in [9.17, 15) is 0 Å². The lowest BCUT2D eigenvalue weighted by molar-refractivity contribution is 0.557. The van der Waals surface area contributed by atoms with E-state index in [1.54, 1.807) is 0 Å². The highest BCUT2D eigenvalue weighted by molar-refractivity contribution is 6.33. The molecule has 0 aromatic carbocycles. The molecule has 3 nitrogen and oxygen atoms in total. The molecule has 0 saturated carbocycles. The fourth-order valence-corrected chi connectivity index (χ4v) is 2.01. The summed E-state index contributed by atoms with van der Waals surface area (Å²) in [6.45, 7) is 6.21. The maximum Gasteiger partial charge on any atom is 0.143 e. The van der Waals surface area contributed by atoms with E-state index >= 15 is 0 Å². The van der Waals surface area contributed by atoms with E-state index in [2.05, 4.69) is 24.3 Å². The second kappa shape index (κ2) is 3.22. The number of aromatic nitrogens is 2. The molecule has 72 valence electrons. The molecule has 4 heteroatoms. The van der Waals surface area contributed by atoms with Crippen LogP contribution in [0, 0.1) is 0 Å². The van der Waals surface area contributed by atoms with Crippen molar-refractivity contribution in [3.05, 3.63) is 10.7 Å². The molecule has 13 heavy (non-hydrogen) atoms. The topological polar surface area (TPSA) is 29.9 Å². The minimum absolute atomic E-state index is 0.396. The Hall–Kier alpha value is -0.700. The van der Waals surface area contributed by atoms with Crippen molar-refractivity contribution in [1.29, 1.82) is 0 Å². The fraction of sp³-hybridized carbons (Fsp3) is 0.667. The molecule has 0 spiro atoms. The molecular weight excluding hydrogens is 186 g/mol. The largest absolute Gasteiger partial charge is 0.369 e. The molecule has 0 unspecified atom stereocenters. The van der Waals surface area contributed by atoms with Crippen molar-refractivity contribution in [3.8, 4) is 0 Å². The summed E-state index contributed by atoms with van der Waals surface area (Å²) in [5.41, 5.74) is 1.01. The molecule has 2 rings (SSSR count). The highest BCUT2D eigenvalue weighted by atomic mass is 35.5. The van der Waals surface area contributed by atoms with Gasteiger partial charge in [-0.25, -0.2) is 4.68 Å². The van der Waals surface area contributed by atoms with Crippen molar-refractivity contribution < 1.29 is 0 Å². The van der Waals surface area contributed by atoms with Gasteiger partial charge >= 0.3 is 0 Å². The Balaban J connectivity index is 2.44. The molecular formula is C9H14ClN3. The predicted molar refractivity (Wildman–Crippen MR) is 54.4 cm³/mol. The summed E-state index contributed by atoms with van der Waals surface area (Å²) >= 11 is 6.19. The molecule has 1 aromatic rings. The summed E-state index contributed by atoms with van der Waals surface area (Å²) in [5, 5.41) is 8.55. The number of anilines is 1. The third-order valence-electron chi connectivity index (χ3n) is 2.31. The van der Waals surface area contributed by atoms with Crippen molar-refractivity contribution in [1.82, 2.24) is 9.78 Å². The first-order chi connectivity index (χ1) is 6.20. The Bertz CT molecular complexity index is 317. The Kier molecular flexibility index (Phi) is 2.20. The highest BCUT2D eigenvalue weighted by Crippen LogP contribution is 2.32. The number of nitrogens with zero attached hydrogens (tertiary/aromatic N) is 2. The minimum atomic E-state index is 0.396. The third-order valence-corrected chi connectivity index (χ3v) is 2.68. The van der Waals surface area contributed by atoms with E-state index in [0.717, 1.165) is 36.0 Å². The second-order valence-electron chi connectivity index (χ2n) is 3.71. The fourth-order valence-electron chi connectivity index (χ4n) is 1.59. The van der Waals surface area contributed by atoms with Crippen molar-refractivity contribution in [2.75, 3.05) is 11.9 Å². The normalized spacial score (nSPS) is 15.7. The minimum Gasteiger partial charge on any atom is -0.369 e. The first-order valence-corrected chi connectivity index (χ1v) is 5.08. The monoisotopic (exact) mass is 199 g/mol. The van der Waals surface area contributed by atoms with E-state index in [-0.39, 0.29) is 0 Å². The van der Waals surface area contributed by atoms with Crippen LogP contribution in [0.25, 0.3) is 0 Å². The first-order valence-electron chi connectivity index (χ1n) is 4.70. The summed E-state index contributed by atoms with van der Waals surface area (Å²) in [7, 11) is 0. The van der Waals surface area contributed by atoms with Crippen LogP contribution < -0.4 is 5.32 Å². The molecule has 1 N–H and O–H groups in total. The van der Waals surface area contributed by atoms with Crippen LogP contribution >= 0.6 is 11.6 Å². The van der Waals surface area contributed by atoms with Crippen molar-refractivity contribution >= 4 is 17.4 Å². The SMILES string of the molecule is CC(C)c1nn2c(c1Cl)NCCC2. The maximum absolute atomic E-state index is 6.19. The van der Waals surface area contributed by atoms with Gasteiger partial charge in [0.2, 0.25) is 0 Å². The Morgan fingerprint density at radius 1 is 1.54 bits per heavy atom. The molecule has 0 aliphatic carbocycles. The van der Waals surface area contributed by atoms with Gasteiger partial charge in [-0.15, -0.1) is 0 Å². The quantitative estimate of drug-likeness (QED) is 0.753. The predicted octanol–water partition coefficient (Wildman–Crippen LogP) is 2.48. The number of fused-ring (bicyclic) bond motifs is 1. The van der Waals surface area contributed by atoms with E-state index in [4.69, 9.17) is 11.6 Å². The van der Waals surface area contributed by atoms with Crippen LogP contribution in [0.3, 0.4) is 0 Å². The Labute approximate surface area is 83.1 Å². The van der Waals surface area contributed by atoms with Gasteiger partial charge in [0.05, 0.1) is 5.69 Å². The van der Waals surface area contributed by atoms with Crippen LogP contribution in [0.2, 0.25) is 5.02 Å². The zero-order valence-electron chi connectivity index (χ0n) is 7.97. The molecule has 1 aromatic heterocycles. The van der Waals surface area contributed by atoms with E-state index in [1.807, 2.05) is 4.68 Å². The lowest BCUT2D eigenvalue weighted by Gasteiger charge is -2.15. The average Bonchev–Trinajstić information content (AvgIpc) is 2.45.